The minimum absolute atomic E-state index is 0.000812. The van der Waals surface area contributed by atoms with E-state index in [4.69, 9.17) is 5.73 Å². The summed E-state index contributed by atoms with van der Waals surface area (Å²) in [4.78, 5) is 24.9. The third-order valence-electron chi connectivity index (χ3n) is 5.86. The van der Waals surface area contributed by atoms with Crippen LogP contribution in [-0.2, 0) is 9.59 Å². The highest BCUT2D eigenvalue weighted by Gasteiger charge is 2.51. The fourth-order valence-corrected chi connectivity index (χ4v) is 3.47. The normalized spacial score (nSPS) is 25.8. The van der Waals surface area contributed by atoms with Gasteiger partial charge in [0.15, 0.2) is 5.78 Å². The molecular formula is C18H34N2O2. The molecule has 1 aliphatic rings. The van der Waals surface area contributed by atoms with Crippen LogP contribution in [-0.4, -0.2) is 23.8 Å². The van der Waals surface area contributed by atoms with Crippen molar-refractivity contribution in [1.29, 1.82) is 0 Å². The lowest BCUT2D eigenvalue weighted by molar-refractivity contribution is -0.132. The summed E-state index contributed by atoms with van der Waals surface area (Å²) in [6, 6.07) is -1.01. The number of hydrogen-bond acceptors (Lipinski definition) is 3. The first kappa shape index (κ1) is 19.1. The van der Waals surface area contributed by atoms with Crippen LogP contribution in [0.5, 0.6) is 0 Å². The standard InChI is InChI=1S/C18H34N2O2/c1-11(2)10-14(19)16(22)20-12(3)15(21)13-8-9-17(4,5)18(13,6)7/h11-14H,8-10,19H2,1-7H3,(H,20,22)/t12-,13?,14+/m1/s1. The summed E-state index contributed by atoms with van der Waals surface area (Å²) in [6.07, 6.45) is 2.58. The number of hydrogen-bond donors (Lipinski definition) is 2. The van der Waals surface area contributed by atoms with Crippen LogP contribution in [0.1, 0.15) is 67.7 Å². The molecule has 3 atom stereocenters. The molecule has 0 radical (unpaired) electrons. The maximum absolute atomic E-state index is 12.8. The molecule has 22 heavy (non-hydrogen) atoms. The fourth-order valence-electron chi connectivity index (χ4n) is 3.47. The lowest BCUT2D eigenvalue weighted by atomic mass is 9.65. The molecule has 0 saturated heterocycles. The third-order valence-corrected chi connectivity index (χ3v) is 5.86. The SMILES string of the molecule is CC(C)C[C@H](N)C(=O)N[C@H](C)C(=O)C1CCC(C)(C)C1(C)C. The van der Waals surface area contributed by atoms with Gasteiger partial charge in [-0.1, -0.05) is 41.5 Å². The van der Waals surface area contributed by atoms with Gasteiger partial charge in [-0.2, -0.15) is 0 Å². The molecule has 1 fully saturated rings. The summed E-state index contributed by atoms with van der Waals surface area (Å²) in [5, 5.41) is 2.81. The summed E-state index contributed by atoms with van der Waals surface area (Å²) in [5.41, 5.74) is 5.98. The van der Waals surface area contributed by atoms with Crippen molar-refractivity contribution in [3.05, 3.63) is 0 Å². The molecule has 0 bridgehead atoms. The minimum atomic E-state index is -0.539. The first-order valence-electron chi connectivity index (χ1n) is 8.50. The average molecular weight is 310 g/mol. The van der Waals surface area contributed by atoms with Crippen LogP contribution >= 0.6 is 0 Å². The van der Waals surface area contributed by atoms with E-state index in [9.17, 15) is 9.59 Å². The van der Waals surface area contributed by atoms with E-state index in [0.717, 1.165) is 12.8 Å². The number of nitrogens with two attached hydrogens (primary N) is 1. The Labute approximate surface area is 135 Å². The molecule has 1 aliphatic carbocycles. The molecule has 0 aromatic carbocycles. The molecule has 0 spiro atoms. The second kappa shape index (κ2) is 6.69. The average Bonchev–Trinajstić information content (AvgIpc) is 2.57. The Balaban J connectivity index is 2.69. The maximum atomic E-state index is 12.8. The fraction of sp³-hybridized carbons (Fsp3) is 0.889. The summed E-state index contributed by atoms with van der Waals surface area (Å²) >= 11 is 0. The number of carbonyl (C=O) groups is 2. The van der Waals surface area contributed by atoms with Gasteiger partial charge >= 0.3 is 0 Å². The molecule has 1 unspecified atom stereocenters. The molecule has 3 N–H and O–H groups in total. The molecule has 1 saturated carbocycles. The number of Topliss-reactive ketones (excluding diaryl/α,β-unsaturated/α-hetero) is 1. The minimum Gasteiger partial charge on any atom is -0.345 e. The zero-order chi connectivity index (χ0) is 17.3. The van der Waals surface area contributed by atoms with Crippen molar-refractivity contribution in [2.45, 2.75) is 79.8 Å². The number of carbonyl (C=O) groups excluding carboxylic acids is 2. The Morgan fingerprint density at radius 1 is 1.18 bits per heavy atom. The van der Waals surface area contributed by atoms with E-state index in [2.05, 4.69) is 33.0 Å². The van der Waals surface area contributed by atoms with E-state index in [-0.39, 0.29) is 28.4 Å². The van der Waals surface area contributed by atoms with Gasteiger partial charge in [-0.15, -0.1) is 0 Å². The van der Waals surface area contributed by atoms with Crippen molar-refractivity contribution in [2.75, 3.05) is 0 Å². The van der Waals surface area contributed by atoms with Crippen molar-refractivity contribution in [2.24, 2.45) is 28.4 Å². The molecule has 4 nitrogen and oxygen atoms in total. The Bertz CT molecular complexity index is 427. The number of rotatable bonds is 6. The molecular weight excluding hydrogens is 276 g/mol. The van der Waals surface area contributed by atoms with E-state index < -0.39 is 12.1 Å². The number of ketones is 1. The molecule has 128 valence electrons. The van der Waals surface area contributed by atoms with Crippen molar-refractivity contribution in [3.8, 4) is 0 Å². The molecule has 4 heteroatoms. The van der Waals surface area contributed by atoms with Gasteiger partial charge in [0.2, 0.25) is 5.91 Å². The summed E-state index contributed by atoms with van der Waals surface area (Å²) in [7, 11) is 0. The topological polar surface area (TPSA) is 72.2 Å². The van der Waals surface area contributed by atoms with E-state index in [0.29, 0.717) is 12.3 Å². The second-order valence-corrected chi connectivity index (χ2v) is 8.57. The van der Waals surface area contributed by atoms with E-state index >= 15 is 0 Å². The second-order valence-electron chi connectivity index (χ2n) is 8.57. The van der Waals surface area contributed by atoms with Crippen molar-refractivity contribution >= 4 is 11.7 Å². The molecule has 0 aromatic rings. The van der Waals surface area contributed by atoms with Crippen molar-refractivity contribution in [1.82, 2.24) is 5.32 Å². The van der Waals surface area contributed by atoms with Gasteiger partial charge in [0.25, 0.3) is 0 Å². The monoisotopic (exact) mass is 310 g/mol. The van der Waals surface area contributed by atoms with Gasteiger partial charge in [-0.3, -0.25) is 9.59 Å². The summed E-state index contributed by atoms with van der Waals surface area (Å²) in [5.74, 6) is 0.283. The van der Waals surface area contributed by atoms with Crippen molar-refractivity contribution < 1.29 is 9.59 Å². The molecule has 0 aliphatic heterocycles. The highest BCUT2D eigenvalue weighted by molar-refractivity contribution is 5.92. The highest BCUT2D eigenvalue weighted by atomic mass is 16.2. The zero-order valence-electron chi connectivity index (χ0n) is 15.3. The third kappa shape index (κ3) is 3.89. The van der Waals surface area contributed by atoms with Crippen LogP contribution < -0.4 is 11.1 Å². The Morgan fingerprint density at radius 3 is 2.14 bits per heavy atom. The predicted octanol–water partition coefficient (Wildman–Crippen LogP) is 2.90. The summed E-state index contributed by atoms with van der Waals surface area (Å²) in [6.45, 7) is 14.6. The maximum Gasteiger partial charge on any atom is 0.237 e. The summed E-state index contributed by atoms with van der Waals surface area (Å²) < 4.78 is 0. The van der Waals surface area contributed by atoms with Gasteiger partial charge in [0.05, 0.1) is 12.1 Å². The van der Waals surface area contributed by atoms with E-state index in [1.165, 1.54) is 0 Å². The molecule has 1 amide bonds. The van der Waals surface area contributed by atoms with Gasteiger partial charge in [-0.05, 0) is 42.9 Å². The number of nitrogens with one attached hydrogen (secondary N) is 1. The number of amides is 1. The van der Waals surface area contributed by atoms with Crippen LogP contribution in [0.25, 0.3) is 0 Å². The lowest BCUT2D eigenvalue weighted by Gasteiger charge is -2.39. The van der Waals surface area contributed by atoms with Crippen LogP contribution in [0, 0.1) is 22.7 Å². The molecule has 0 aromatic heterocycles. The Kier molecular flexibility index (Phi) is 5.82. The van der Waals surface area contributed by atoms with Gasteiger partial charge in [0.1, 0.15) is 0 Å². The van der Waals surface area contributed by atoms with Gasteiger partial charge < -0.3 is 11.1 Å². The lowest BCUT2D eigenvalue weighted by Crippen LogP contribution is -2.50. The van der Waals surface area contributed by atoms with Gasteiger partial charge in [-0.25, -0.2) is 0 Å². The molecule has 1 rings (SSSR count). The van der Waals surface area contributed by atoms with E-state index in [1.807, 2.05) is 13.8 Å². The smallest absolute Gasteiger partial charge is 0.237 e. The van der Waals surface area contributed by atoms with Crippen LogP contribution in [0.4, 0.5) is 0 Å². The highest BCUT2D eigenvalue weighted by Crippen LogP contribution is 2.55. The van der Waals surface area contributed by atoms with Crippen LogP contribution in [0.3, 0.4) is 0 Å². The largest absolute Gasteiger partial charge is 0.345 e. The van der Waals surface area contributed by atoms with Crippen LogP contribution in [0.2, 0.25) is 0 Å². The van der Waals surface area contributed by atoms with Crippen LogP contribution in [0.15, 0.2) is 0 Å². The quantitative estimate of drug-likeness (QED) is 0.792. The Morgan fingerprint density at radius 2 is 1.73 bits per heavy atom. The van der Waals surface area contributed by atoms with Gasteiger partial charge in [0, 0.05) is 5.92 Å². The first-order valence-corrected chi connectivity index (χ1v) is 8.50. The van der Waals surface area contributed by atoms with E-state index in [1.54, 1.807) is 6.92 Å². The zero-order valence-corrected chi connectivity index (χ0v) is 15.3. The first-order chi connectivity index (χ1) is 9.90. The van der Waals surface area contributed by atoms with Crippen molar-refractivity contribution in [3.63, 3.8) is 0 Å². The predicted molar refractivity (Wildman–Crippen MR) is 90.3 cm³/mol. The molecule has 0 heterocycles. The Hall–Kier alpha value is -0.900.